The number of methoxy groups -OCH3 is 1. The summed E-state index contributed by atoms with van der Waals surface area (Å²) in [6, 6.07) is 6.96. The van der Waals surface area contributed by atoms with Crippen LogP contribution in [-0.4, -0.2) is 18.1 Å². The molecular weight excluding hydrogens is 218 g/mol. The summed E-state index contributed by atoms with van der Waals surface area (Å²) < 4.78 is 5.34. The Kier molecular flexibility index (Phi) is 3.74. The molecule has 0 saturated heterocycles. The van der Waals surface area contributed by atoms with E-state index in [1.807, 2.05) is 12.1 Å². The highest BCUT2D eigenvalue weighted by atomic mass is 16.6. The van der Waals surface area contributed by atoms with Gasteiger partial charge in [0, 0.05) is 19.2 Å². The van der Waals surface area contributed by atoms with Gasteiger partial charge >= 0.3 is 0 Å². The zero-order valence-corrected chi connectivity index (χ0v) is 9.96. The van der Waals surface area contributed by atoms with E-state index < -0.39 is 0 Å². The smallest absolute Gasteiger partial charge is 0.269 e. The molecule has 1 fully saturated rings. The molecule has 0 aliphatic heterocycles. The predicted octanol–water partition coefficient (Wildman–Crippen LogP) is 3.27. The van der Waals surface area contributed by atoms with Gasteiger partial charge in [-0.05, 0) is 37.2 Å². The number of nitrogens with zero attached hydrogens (tertiary/aromatic N) is 1. The van der Waals surface area contributed by atoms with Crippen LogP contribution in [0.2, 0.25) is 0 Å². The van der Waals surface area contributed by atoms with E-state index in [0.29, 0.717) is 12.0 Å². The maximum absolute atomic E-state index is 10.6. The van der Waals surface area contributed by atoms with Crippen molar-refractivity contribution in [3.8, 4) is 0 Å². The fourth-order valence-corrected chi connectivity index (χ4v) is 2.50. The summed E-state index contributed by atoms with van der Waals surface area (Å²) >= 11 is 0. The van der Waals surface area contributed by atoms with Crippen LogP contribution in [0.15, 0.2) is 24.3 Å². The van der Waals surface area contributed by atoms with Gasteiger partial charge in [-0.1, -0.05) is 12.1 Å². The van der Waals surface area contributed by atoms with E-state index in [0.717, 1.165) is 25.7 Å². The van der Waals surface area contributed by atoms with E-state index in [2.05, 4.69) is 0 Å². The van der Waals surface area contributed by atoms with Crippen molar-refractivity contribution in [1.82, 2.24) is 0 Å². The summed E-state index contributed by atoms with van der Waals surface area (Å²) in [7, 11) is 1.76. The van der Waals surface area contributed by atoms with Gasteiger partial charge in [0.1, 0.15) is 0 Å². The average molecular weight is 235 g/mol. The van der Waals surface area contributed by atoms with Gasteiger partial charge in [-0.2, -0.15) is 0 Å². The molecule has 0 amide bonds. The molecular formula is C13H17NO3. The van der Waals surface area contributed by atoms with Crippen LogP contribution in [0.1, 0.15) is 37.2 Å². The third kappa shape index (κ3) is 2.82. The lowest BCUT2D eigenvalue weighted by atomic mass is 9.83. The summed E-state index contributed by atoms with van der Waals surface area (Å²) in [6.07, 6.45) is 4.77. The Hall–Kier alpha value is -1.42. The fourth-order valence-electron chi connectivity index (χ4n) is 2.50. The number of hydrogen-bond acceptors (Lipinski definition) is 3. The molecule has 0 N–H and O–H groups in total. The quantitative estimate of drug-likeness (QED) is 0.596. The lowest BCUT2D eigenvalue weighted by Gasteiger charge is -2.27. The van der Waals surface area contributed by atoms with Gasteiger partial charge in [-0.25, -0.2) is 0 Å². The number of nitro benzene ring substituents is 1. The minimum atomic E-state index is -0.356. The van der Waals surface area contributed by atoms with Gasteiger partial charge in [0.15, 0.2) is 0 Å². The highest BCUT2D eigenvalue weighted by Gasteiger charge is 2.22. The summed E-state index contributed by atoms with van der Waals surface area (Å²) in [5, 5.41) is 10.6. The highest BCUT2D eigenvalue weighted by molar-refractivity contribution is 5.34. The van der Waals surface area contributed by atoms with Crippen molar-refractivity contribution in [2.24, 2.45) is 0 Å². The summed E-state index contributed by atoms with van der Waals surface area (Å²) in [5.41, 5.74) is 1.38. The van der Waals surface area contributed by atoms with Crippen LogP contribution < -0.4 is 0 Å². The van der Waals surface area contributed by atoms with Crippen LogP contribution >= 0.6 is 0 Å². The Bertz CT molecular complexity index is 380. The first-order chi connectivity index (χ1) is 8.20. The number of hydrogen-bond donors (Lipinski definition) is 0. The molecule has 0 atom stereocenters. The Balaban J connectivity index is 2.01. The van der Waals surface area contributed by atoms with Gasteiger partial charge in [-0.3, -0.25) is 10.1 Å². The molecule has 0 radical (unpaired) electrons. The van der Waals surface area contributed by atoms with Gasteiger partial charge in [0.25, 0.3) is 5.69 Å². The van der Waals surface area contributed by atoms with Crippen molar-refractivity contribution in [1.29, 1.82) is 0 Å². The van der Waals surface area contributed by atoms with Crippen molar-refractivity contribution in [2.75, 3.05) is 7.11 Å². The third-order valence-electron chi connectivity index (χ3n) is 3.58. The molecule has 4 nitrogen and oxygen atoms in total. The zero-order valence-electron chi connectivity index (χ0n) is 9.96. The Morgan fingerprint density at radius 3 is 2.24 bits per heavy atom. The van der Waals surface area contributed by atoms with Crippen LogP contribution in [0.5, 0.6) is 0 Å². The first kappa shape index (κ1) is 12.0. The summed E-state index contributed by atoms with van der Waals surface area (Å²) in [4.78, 5) is 10.2. The van der Waals surface area contributed by atoms with Crippen LogP contribution in [0.25, 0.3) is 0 Å². The standard InChI is InChI=1S/C13H17NO3/c1-17-13-8-4-11(5-9-13)10-2-6-12(7-3-10)14(15)16/h2-3,6-7,11,13H,4-5,8-9H2,1H3. The van der Waals surface area contributed by atoms with Crippen LogP contribution in [0, 0.1) is 10.1 Å². The first-order valence-corrected chi connectivity index (χ1v) is 5.98. The molecule has 2 rings (SSSR count). The predicted molar refractivity (Wildman–Crippen MR) is 65.1 cm³/mol. The van der Waals surface area contributed by atoms with Gasteiger partial charge in [0.2, 0.25) is 0 Å². The van der Waals surface area contributed by atoms with Crippen LogP contribution in [0.3, 0.4) is 0 Å². The molecule has 0 aromatic heterocycles. The minimum absolute atomic E-state index is 0.166. The summed E-state index contributed by atoms with van der Waals surface area (Å²) in [6.45, 7) is 0. The van der Waals surface area contributed by atoms with Crippen molar-refractivity contribution >= 4 is 5.69 Å². The molecule has 17 heavy (non-hydrogen) atoms. The lowest BCUT2D eigenvalue weighted by molar-refractivity contribution is -0.384. The number of non-ortho nitro benzene ring substituents is 1. The first-order valence-electron chi connectivity index (χ1n) is 5.98. The SMILES string of the molecule is COC1CCC(c2ccc([N+](=O)[O-])cc2)CC1. The van der Waals surface area contributed by atoms with E-state index in [-0.39, 0.29) is 10.6 Å². The molecule has 0 heterocycles. The molecule has 1 aromatic carbocycles. The largest absolute Gasteiger partial charge is 0.381 e. The molecule has 4 heteroatoms. The topological polar surface area (TPSA) is 52.4 Å². The van der Waals surface area contributed by atoms with E-state index in [4.69, 9.17) is 4.74 Å². The second-order valence-electron chi connectivity index (χ2n) is 4.56. The van der Waals surface area contributed by atoms with Crippen molar-refractivity contribution in [2.45, 2.75) is 37.7 Å². The van der Waals surface area contributed by atoms with Gasteiger partial charge < -0.3 is 4.74 Å². The number of ether oxygens (including phenoxy) is 1. The number of benzene rings is 1. The highest BCUT2D eigenvalue weighted by Crippen LogP contribution is 2.34. The Labute approximate surface area is 101 Å². The maximum Gasteiger partial charge on any atom is 0.269 e. The normalized spacial score (nSPS) is 24.5. The minimum Gasteiger partial charge on any atom is -0.381 e. The molecule has 0 bridgehead atoms. The number of rotatable bonds is 3. The van der Waals surface area contributed by atoms with Crippen molar-refractivity contribution in [3.05, 3.63) is 39.9 Å². The molecule has 1 aliphatic carbocycles. The average Bonchev–Trinajstić information content (AvgIpc) is 2.39. The van der Waals surface area contributed by atoms with Gasteiger partial charge in [-0.15, -0.1) is 0 Å². The van der Waals surface area contributed by atoms with E-state index in [1.165, 1.54) is 5.56 Å². The van der Waals surface area contributed by atoms with Crippen molar-refractivity contribution in [3.63, 3.8) is 0 Å². The molecule has 0 spiro atoms. The second kappa shape index (κ2) is 5.27. The Morgan fingerprint density at radius 1 is 1.18 bits per heavy atom. The second-order valence-corrected chi connectivity index (χ2v) is 4.56. The molecule has 0 unspecified atom stereocenters. The van der Waals surface area contributed by atoms with Gasteiger partial charge in [0.05, 0.1) is 11.0 Å². The maximum atomic E-state index is 10.6. The van der Waals surface area contributed by atoms with E-state index in [1.54, 1.807) is 19.2 Å². The molecule has 1 saturated carbocycles. The third-order valence-corrected chi connectivity index (χ3v) is 3.58. The van der Waals surface area contributed by atoms with Crippen LogP contribution in [-0.2, 0) is 4.74 Å². The molecule has 1 aliphatic rings. The fraction of sp³-hybridized carbons (Fsp3) is 0.538. The molecule has 92 valence electrons. The zero-order chi connectivity index (χ0) is 12.3. The monoisotopic (exact) mass is 235 g/mol. The summed E-state index contributed by atoms with van der Waals surface area (Å²) in [5.74, 6) is 0.530. The lowest BCUT2D eigenvalue weighted by Crippen LogP contribution is -2.19. The molecule has 1 aromatic rings. The Morgan fingerprint density at radius 2 is 1.76 bits per heavy atom. The van der Waals surface area contributed by atoms with Crippen molar-refractivity contribution < 1.29 is 9.66 Å². The van der Waals surface area contributed by atoms with E-state index >= 15 is 0 Å². The van der Waals surface area contributed by atoms with Crippen LogP contribution in [0.4, 0.5) is 5.69 Å². The number of nitro groups is 1. The van der Waals surface area contributed by atoms with E-state index in [9.17, 15) is 10.1 Å².